The van der Waals surface area contributed by atoms with Crippen molar-refractivity contribution in [1.29, 1.82) is 0 Å². The molecule has 0 spiro atoms. The van der Waals surface area contributed by atoms with Crippen molar-refractivity contribution in [1.82, 2.24) is 24.8 Å². The highest BCUT2D eigenvalue weighted by atomic mass is 16.5. The average molecular weight is 495 g/mol. The number of nitrogens with zero attached hydrogens (tertiary/aromatic N) is 4. The first-order valence-corrected chi connectivity index (χ1v) is 12.9. The number of aryl methyl sites for hydroxylation is 1. The lowest BCUT2D eigenvalue weighted by atomic mass is 9.83. The molecule has 4 aromatic rings. The van der Waals surface area contributed by atoms with E-state index in [2.05, 4.69) is 51.8 Å². The Morgan fingerprint density at radius 1 is 1.11 bits per heavy atom. The van der Waals surface area contributed by atoms with Crippen LogP contribution in [0.4, 0.5) is 11.5 Å². The SMILES string of the molecule is CN1Cc2nc(Nc3ccc(-c4ccnc5c4ccn5C)c4c3C(=O)NC4)ccc2[C@@H]2CCOC[C@H]2C1. The van der Waals surface area contributed by atoms with Gasteiger partial charge in [0.15, 0.2) is 0 Å². The molecule has 0 unspecified atom stereocenters. The van der Waals surface area contributed by atoms with Crippen molar-refractivity contribution in [2.45, 2.75) is 25.4 Å². The van der Waals surface area contributed by atoms with Crippen molar-refractivity contribution < 1.29 is 9.53 Å². The molecule has 3 aliphatic heterocycles. The van der Waals surface area contributed by atoms with Crippen molar-refractivity contribution in [2.75, 3.05) is 32.1 Å². The maximum Gasteiger partial charge on any atom is 0.254 e. The van der Waals surface area contributed by atoms with Crippen LogP contribution in [0, 0.1) is 5.92 Å². The van der Waals surface area contributed by atoms with Gasteiger partial charge in [-0.2, -0.15) is 0 Å². The van der Waals surface area contributed by atoms with Crippen molar-refractivity contribution in [3.05, 3.63) is 71.2 Å². The van der Waals surface area contributed by atoms with Gasteiger partial charge in [-0.25, -0.2) is 9.97 Å². The van der Waals surface area contributed by atoms with E-state index in [-0.39, 0.29) is 5.91 Å². The number of benzene rings is 1. The van der Waals surface area contributed by atoms with Gasteiger partial charge >= 0.3 is 0 Å². The molecule has 37 heavy (non-hydrogen) atoms. The van der Waals surface area contributed by atoms with Crippen LogP contribution in [-0.4, -0.2) is 52.1 Å². The zero-order chi connectivity index (χ0) is 25.1. The Bertz CT molecular complexity index is 1540. The number of carbonyl (C=O) groups excluding carboxylic acids is 1. The number of anilines is 2. The number of hydrogen-bond donors (Lipinski definition) is 2. The van der Waals surface area contributed by atoms with Gasteiger partial charge in [-0.15, -0.1) is 0 Å². The fraction of sp³-hybridized carbons (Fsp3) is 0.345. The molecule has 1 saturated heterocycles. The second-order valence-corrected chi connectivity index (χ2v) is 10.5. The van der Waals surface area contributed by atoms with Crippen molar-refractivity contribution in [3.8, 4) is 11.1 Å². The van der Waals surface area contributed by atoms with E-state index in [0.717, 1.165) is 77.6 Å². The van der Waals surface area contributed by atoms with E-state index in [1.54, 1.807) is 0 Å². The predicted octanol–water partition coefficient (Wildman–Crippen LogP) is 4.19. The molecule has 3 aliphatic rings. The van der Waals surface area contributed by atoms with Gasteiger partial charge in [0, 0.05) is 57.0 Å². The fourth-order valence-electron chi connectivity index (χ4n) is 6.39. The Morgan fingerprint density at radius 2 is 2.03 bits per heavy atom. The zero-order valence-electron chi connectivity index (χ0n) is 21.1. The van der Waals surface area contributed by atoms with Gasteiger partial charge in [0.2, 0.25) is 0 Å². The Balaban J connectivity index is 1.27. The predicted molar refractivity (Wildman–Crippen MR) is 143 cm³/mol. The first-order valence-electron chi connectivity index (χ1n) is 12.9. The van der Waals surface area contributed by atoms with Crippen LogP contribution in [0.5, 0.6) is 0 Å². The quantitative estimate of drug-likeness (QED) is 0.444. The minimum atomic E-state index is -0.0581. The highest BCUT2D eigenvalue weighted by Crippen LogP contribution is 2.39. The van der Waals surface area contributed by atoms with Crippen LogP contribution in [0.25, 0.3) is 22.2 Å². The van der Waals surface area contributed by atoms with Crippen molar-refractivity contribution in [2.24, 2.45) is 13.0 Å². The van der Waals surface area contributed by atoms with Crippen molar-refractivity contribution >= 4 is 28.4 Å². The van der Waals surface area contributed by atoms with Gasteiger partial charge in [-0.3, -0.25) is 4.79 Å². The summed E-state index contributed by atoms with van der Waals surface area (Å²) in [5, 5.41) is 7.59. The molecule has 8 heteroatoms. The molecule has 6 heterocycles. The number of rotatable bonds is 3. The summed E-state index contributed by atoms with van der Waals surface area (Å²) < 4.78 is 7.79. The molecule has 3 aromatic heterocycles. The summed E-state index contributed by atoms with van der Waals surface area (Å²) in [5.41, 5.74) is 8.00. The Labute approximate surface area is 215 Å². The standard InChI is InChI=1S/C29H30N6O2/c1-34-14-17-16-37-12-9-18(17)21-4-6-26(33-25(21)15-34)32-24-5-3-19(23-13-31-29(36)27(23)24)20-7-10-30-28-22(20)8-11-35(28)2/h3-8,10-11,17-18H,9,12-16H2,1-2H3,(H,31,36)(H,32,33)/t17-,18-/m1/s1. The second kappa shape index (κ2) is 8.68. The highest BCUT2D eigenvalue weighted by molar-refractivity contribution is 6.07. The molecule has 8 nitrogen and oxygen atoms in total. The van der Waals surface area contributed by atoms with Gasteiger partial charge in [-0.1, -0.05) is 12.1 Å². The van der Waals surface area contributed by atoms with Crippen LogP contribution < -0.4 is 10.6 Å². The topological polar surface area (TPSA) is 84.3 Å². The molecule has 0 aliphatic carbocycles. The van der Waals surface area contributed by atoms with Gasteiger partial charge in [-0.05, 0) is 65.9 Å². The number of hydrogen-bond acceptors (Lipinski definition) is 6. The van der Waals surface area contributed by atoms with Crippen LogP contribution >= 0.6 is 0 Å². The van der Waals surface area contributed by atoms with Gasteiger partial charge in [0.25, 0.3) is 5.91 Å². The molecule has 2 atom stereocenters. The minimum Gasteiger partial charge on any atom is -0.381 e. The van der Waals surface area contributed by atoms with E-state index >= 15 is 0 Å². The molecule has 1 fully saturated rings. The third-order valence-corrected chi connectivity index (χ3v) is 8.14. The average Bonchev–Trinajstić information content (AvgIpc) is 3.44. The Hall–Kier alpha value is -3.75. The van der Waals surface area contributed by atoms with Crippen LogP contribution in [0.2, 0.25) is 0 Å². The largest absolute Gasteiger partial charge is 0.381 e. The summed E-state index contributed by atoms with van der Waals surface area (Å²) >= 11 is 0. The number of fused-ring (bicyclic) bond motifs is 5. The molecule has 2 N–H and O–H groups in total. The maximum atomic E-state index is 13.0. The minimum absolute atomic E-state index is 0.0581. The fourth-order valence-corrected chi connectivity index (χ4v) is 6.39. The number of ether oxygens (including phenoxy) is 1. The number of nitrogens with one attached hydrogen (secondary N) is 2. The summed E-state index contributed by atoms with van der Waals surface area (Å²) in [6, 6.07) is 12.5. The summed E-state index contributed by atoms with van der Waals surface area (Å²) in [5.74, 6) is 1.70. The van der Waals surface area contributed by atoms with Gasteiger partial charge in [0.1, 0.15) is 11.5 Å². The lowest BCUT2D eigenvalue weighted by Crippen LogP contribution is -2.32. The van der Waals surface area contributed by atoms with Gasteiger partial charge in [0.05, 0.1) is 23.6 Å². The molecule has 1 amide bonds. The normalized spacial score (nSPS) is 21.2. The Kier molecular flexibility index (Phi) is 5.26. The number of amides is 1. The lowest BCUT2D eigenvalue weighted by molar-refractivity contribution is 0.0304. The van der Waals surface area contributed by atoms with Gasteiger partial charge < -0.3 is 24.8 Å². The smallest absolute Gasteiger partial charge is 0.254 e. The third-order valence-electron chi connectivity index (χ3n) is 8.14. The number of aromatic nitrogens is 3. The van der Waals surface area contributed by atoms with Crippen LogP contribution in [-0.2, 0) is 24.9 Å². The molecular formula is C29H30N6O2. The summed E-state index contributed by atoms with van der Waals surface area (Å²) in [6.07, 6.45) is 4.89. The van der Waals surface area contributed by atoms with Crippen LogP contribution in [0.3, 0.4) is 0 Å². The maximum absolute atomic E-state index is 13.0. The molecule has 0 bridgehead atoms. The van der Waals surface area contributed by atoms with E-state index < -0.39 is 0 Å². The summed E-state index contributed by atoms with van der Waals surface area (Å²) in [6.45, 7) is 3.95. The van der Waals surface area contributed by atoms with Crippen LogP contribution in [0.1, 0.15) is 39.5 Å². The van der Waals surface area contributed by atoms with E-state index in [1.165, 1.54) is 5.56 Å². The molecule has 0 radical (unpaired) electrons. The molecule has 188 valence electrons. The van der Waals surface area contributed by atoms with E-state index in [9.17, 15) is 4.79 Å². The van der Waals surface area contributed by atoms with Crippen LogP contribution in [0.15, 0.2) is 48.8 Å². The number of carbonyl (C=O) groups is 1. The first kappa shape index (κ1) is 22.4. The summed E-state index contributed by atoms with van der Waals surface area (Å²) in [4.78, 5) is 24.9. The lowest BCUT2D eigenvalue weighted by Gasteiger charge is -2.31. The monoisotopic (exact) mass is 494 g/mol. The summed E-state index contributed by atoms with van der Waals surface area (Å²) in [7, 11) is 4.15. The molecule has 0 saturated carbocycles. The van der Waals surface area contributed by atoms with E-state index in [1.807, 2.05) is 36.1 Å². The second-order valence-electron chi connectivity index (χ2n) is 10.5. The van der Waals surface area contributed by atoms with E-state index in [4.69, 9.17) is 9.72 Å². The zero-order valence-corrected chi connectivity index (χ0v) is 21.1. The first-order chi connectivity index (χ1) is 18.1. The molecule has 1 aromatic carbocycles. The number of pyridine rings is 2. The highest BCUT2D eigenvalue weighted by Gasteiger charge is 2.33. The van der Waals surface area contributed by atoms with E-state index in [0.29, 0.717) is 23.9 Å². The molecular weight excluding hydrogens is 464 g/mol. The Morgan fingerprint density at radius 3 is 2.95 bits per heavy atom. The molecule has 7 rings (SSSR count). The van der Waals surface area contributed by atoms with Crippen molar-refractivity contribution in [3.63, 3.8) is 0 Å². The third kappa shape index (κ3) is 3.70.